The highest BCUT2D eigenvalue weighted by atomic mass is 79.9. The molecule has 2 heterocycles. The van der Waals surface area contributed by atoms with E-state index in [0.717, 1.165) is 37.0 Å². The zero-order chi connectivity index (χ0) is 28.8. The number of halogens is 2. The topological polar surface area (TPSA) is 53.0 Å². The third kappa shape index (κ3) is 4.07. The molecular formula is C35H23Br2N3O2. The molecule has 7 heteroatoms. The van der Waals surface area contributed by atoms with Crippen LogP contribution in [0.15, 0.2) is 148 Å². The summed E-state index contributed by atoms with van der Waals surface area (Å²) in [6.45, 7) is 0. The molecule has 0 saturated heterocycles. The van der Waals surface area contributed by atoms with Crippen molar-refractivity contribution in [2.75, 3.05) is 9.91 Å². The molecule has 2 aliphatic rings. The van der Waals surface area contributed by atoms with Gasteiger partial charge in [-0.3, -0.25) is 9.59 Å². The lowest BCUT2D eigenvalue weighted by Gasteiger charge is -2.38. The van der Waals surface area contributed by atoms with Crippen LogP contribution in [0.25, 0.3) is 0 Å². The van der Waals surface area contributed by atoms with Gasteiger partial charge in [0.15, 0.2) is 5.54 Å². The summed E-state index contributed by atoms with van der Waals surface area (Å²) in [7, 11) is 0. The monoisotopic (exact) mass is 675 g/mol. The fourth-order valence-electron chi connectivity index (χ4n) is 6.08. The first-order valence-corrected chi connectivity index (χ1v) is 15.1. The van der Waals surface area contributed by atoms with E-state index >= 15 is 4.79 Å². The van der Waals surface area contributed by atoms with Crippen LogP contribution in [0.3, 0.4) is 0 Å². The quantitative estimate of drug-likeness (QED) is 0.180. The van der Waals surface area contributed by atoms with Gasteiger partial charge in [0, 0.05) is 20.1 Å². The second kappa shape index (κ2) is 10.5. The van der Waals surface area contributed by atoms with Gasteiger partial charge in [0.25, 0.3) is 11.8 Å². The maximum Gasteiger partial charge on any atom is 0.267 e. The number of nitrogens with zero attached hydrogens (tertiary/aromatic N) is 3. The molecule has 0 aromatic heterocycles. The largest absolute Gasteiger partial charge is 0.271 e. The van der Waals surface area contributed by atoms with E-state index in [9.17, 15) is 4.79 Å². The summed E-state index contributed by atoms with van der Waals surface area (Å²) < 4.78 is 1.84. The Kier molecular flexibility index (Phi) is 6.64. The number of hydrogen-bond donors (Lipinski definition) is 0. The Morgan fingerprint density at radius 1 is 0.690 bits per heavy atom. The van der Waals surface area contributed by atoms with Gasteiger partial charge in [-0.05, 0) is 65.7 Å². The van der Waals surface area contributed by atoms with Gasteiger partial charge in [-0.25, -0.2) is 9.91 Å². The summed E-state index contributed by atoms with van der Waals surface area (Å²) in [5.74, 6) is -1.25. The summed E-state index contributed by atoms with van der Waals surface area (Å²) in [4.78, 5) is 30.7. The van der Waals surface area contributed by atoms with Crippen LogP contribution in [0.4, 0.5) is 11.4 Å². The van der Waals surface area contributed by atoms with Gasteiger partial charge in [-0.1, -0.05) is 111 Å². The molecule has 0 fully saturated rings. The third-order valence-electron chi connectivity index (χ3n) is 7.89. The number of carbonyl (C=O) groups excluding carboxylic acids is 2. The van der Waals surface area contributed by atoms with Gasteiger partial charge >= 0.3 is 0 Å². The van der Waals surface area contributed by atoms with E-state index in [1.165, 1.54) is 4.90 Å². The highest BCUT2D eigenvalue weighted by Crippen LogP contribution is 2.57. The van der Waals surface area contributed by atoms with Crippen LogP contribution in [0.2, 0.25) is 0 Å². The predicted octanol–water partition coefficient (Wildman–Crippen LogP) is 8.30. The molecule has 7 rings (SSSR count). The molecule has 0 radical (unpaired) electrons. The minimum absolute atomic E-state index is 0.344. The number of hydrogen-bond acceptors (Lipinski definition) is 4. The smallest absolute Gasteiger partial charge is 0.267 e. The summed E-state index contributed by atoms with van der Waals surface area (Å²) in [5.41, 5.74) is 3.67. The van der Waals surface area contributed by atoms with Crippen molar-refractivity contribution in [1.82, 2.24) is 0 Å². The van der Waals surface area contributed by atoms with E-state index in [0.29, 0.717) is 11.3 Å². The molecule has 2 aliphatic heterocycles. The Labute approximate surface area is 260 Å². The van der Waals surface area contributed by atoms with Gasteiger partial charge in [-0.15, -0.1) is 0 Å². The average molecular weight is 677 g/mol. The second-order valence-electron chi connectivity index (χ2n) is 10.2. The summed E-state index contributed by atoms with van der Waals surface area (Å²) >= 11 is 7.12. The van der Waals surface area contributed by atoms with Crippen LogP contribution in [0.5, 0.6) is 0 Å². The first kappa shape index (κ1) is 26.6. The van der Waals surface area contributed by atoms with Crippen molar-refractivity contribution < 1.29 is 9.59 Å². The van der Waals surface area contributed by atoms with E-state index in [1.54, 1.807) is 24.3 Å². The van der Waals surface area contributed by atoms with Gasteiger partial charge < -0.3 is 0 Å². The van der Waals surface area contributed by atoms with Crippen molar-refractivity contribution in [3.63, 3.8) is 0 Å². The zero-order valence-electron chi connectivity index (χ0n) is 22.2. The van der Waals surface area contributed by atoms with Crippen molar-refractivity contribution in [3.05, 3.63) is 165 Å². The minimum Gasteiger partial charge on any atom is -0.271 e. The van der Waals surface area contributed by atoms with Gasteiger partial charge in [0.1, 0.15) is 0 Å². The number of benzene rings is 5. The first-order valence-electron chi connectivity index (χ1n) is 13.5. The maximum atomic E-state index is 15.3. The van der Waals surface area contributed by atoms with Gasteiger partial charge in [-0.2, -0.15) is 5.10 Å². The average Bonchev–Trinajstić information content (AvgIpc) is 3.52. The lowest BCUT2D eigenvalue weighted by Crippen LogP contribution is -2.54. The molecule has 2 amide bonds. The van der Waals surface area contributed by atoms with Crippen molar-refractivity contribution >= 4 is 60.8 Å². The lowest BCUT2D eigenvalue weighted by atomic mass is 9.72. The van der Waals surface area contributed by atoms with E-state index in [2.05, 4.69) is 31.9 Å². The Morgan fingerprint density at radius 3 is 1.93 bits per heavy atom. The minimum atomic E-state index is -1.37. The number of rotatable bonds is 4. The van der Waals surface area contributed by atoms with Crippen LogP contribution >= 0.6 is 31.9 Å². The SMILES string of the molecule is O=C(c1ccccc1)N1C(=O)[C@@]2(c3ccccc31)[C@H](c1ccc(Br)cc1)C(c1ccccc1)=NN2c1ccc(Br)cc1. The Balaban J connectivity index is 1.54. The molecule has 204 valence electrons. The van der Waals surface area contributed by atoms with E-state index in [-0.39, 0.29) is 11.8 Å². The highest BCUT2D eigenvalue weighted by Gasteiger charge is 2.65. The van der Waals surface area contributed by atoms with Crippen LogP contribution in [0.1, 0.15) is 33.0 Å². The fraction of sp³-hybridized carbons (Fsp3) is 0.0571. The van der Waals surface area contributed by atoms with E-state index in [4.69, 9.17) is 5.10 Å². The van der Waals surface area contributed by atoms with E-state index in [1.807, 2.05) is 114 Å². The Morgan fingerprint density at radius 2 is 1.26 bits per heavy atom. The number of hydrazone groups is 1. The molecule has 5 aromatic rings. The summed E-state index contributed by atoms with van der Waals surface area (Å²) in [6, 6.07) is 42.2. The first-order chi connectivity index (χ1) is 20.5. The second-order valence-corrected chi connectivity index (χ2v) is 12.1. The fourth-order valence-corrected chi connectivity index (χ4v) is 6.61. The molecule has 1 spiro atoms. The molecule has 0 N–H and O–H groups in total. The number of amides is 2. The Bertz CT molecular complexity index is 1840. The summed E-state index contributed by atoms with van der Waals surface area (Å²) in [6.07, 6.45) is 0. The molecule has 5 nitrogen and oxygen atoms in total. The molecule has 0 unspecified atom stereocenters. The molecule has 42 heavy (non-hydrogen) atoms. The number of anilines is 2. The molecule has 2 atom stereocenters. The van der Waals surface area contributed by atoms with Crippen molar-refractivity contribution in [2.24, 2.45) is 5.10 Å². The maximum absolute atomic E-state index is 15.3. The number of carbonyl (C=O) groups is 2. The van der Waals surface area contributed by atoms with Gasteiger partial charge in [0.2, 0.25) is 0 Å². The van der Waals surface area contributed by atoms with Crippen molar-refractivity contribution in [2.45, 2.75) is 11.5 Å². The van der Waals surface area contributed by atoms with Gasteiger partial charge in [0.05, 0.1) is 23.0 Å². The van der Waals surface area contributed by atoms with Crippen molar-refractivity contribution in [1.29, 1.82) is 0 Å². The summed E-state index contributed by atoms with van der Waals surface area (Å²) in [5, 5.41) is 7.08. The predicted molar refractivity (Wildman–Crippen MR) is 173 cm³/mol. The van der Waals surface area contributed by atoms with E-state index < -0.39 is 11.5 Å². The number of imide groups is 1. The highest BCUT2D eigenvalue weighted by molar-refractivity contribution is 9.10. The number of fused-ring (bicyclic) bond motifs is 2. The standard InChI is InChI=1S/C35H23Br2N3O2/c36-26-17-15-23(16-18-26)31-32(24-9-3-1-4-10-24)38-40(28-21-19-27(37)20-22-28)35(31)29-13-7-8-14-30(29)39(34(35)42)33(41)25-11-5-2-6-12-25/h1-22,31H/t31-,35-/m1/s1. The van der Waals surface area contributed by atoms with Crippen LogP contribution in [-0.2, 0) is 10.3 Å². The Hall–Kier alpha value is -4.33. The zero-order valence-corrected chi connectivity index (χ0v) is 25.4. The molecular weight excluding hydrogens is 654 g/mol. The third-order valence-corrected chi connectivity index (χ3v) is 8.94. The number of para-hydroxylation sites is 1. The lowest BCUT2D eigenvalue weighted by molar-refractivity contribution is -0.122. The van der Waals surface area contributed by atoms with Crippen LogP contribution in [-0.4, -0.2) is 17.5 Å². The normalized spacial score (nSPS) is 19.2. The van der Waals surface area contributed by atoms with Crippen molar-refractivity contribution in [3.8, 4) is 0 Å². The van der Waals surface area contributed by atoms with Crippen LogP contribution < -0.4 is 9.91 Å². The molecule has 0 saturated carbocycles. The molecule has 5 aromatic carbocycles. The molecule has 0 aliphatic carbocycles. The molecule has 0 bridgehead atoms. The van der Waals surface area contributed by atoms with Crippen LogP contribution in [0, 0.1) is 0 Å².